The lowest BCUT2D eigenvalue weighted by molar-refractivity contribution is 0.140. The molecular formula is C10H8BrF2N3S. The van der Waals surface area contributed by atoms with Crippen LogP contribution in [0.5, 0.6) is 0 Å². The third-order valence-corrected chi connectivity index (χ3v) is 3.42. The van der Waals surface area contributed by atoms with E-state index in [-0.39, 0.29) is 5.82 Å². The predicted molar refractivity (Wildman–Crippen MR) is 65.0 cm³/mol. The molecule has 0 aliphatic rings. The van der Waals surface area contributed by atoms with Crippen molar-refractivity contribution in [2.45, 2.75) is 17.3 Å². The van der Waals surface area contributed by atoms with Crippen molar-refractivity contribution in [3.63, 3.8) is 0 Å². The highest BCUT2D eigenvalue weighted by Gasteiger charge is 2.12. The predicted octanol–water partition coefficient (Wildman–Crippen LogP) is 3.80. The van der Waals surface area contributed by atoms with E-state index in [0.717, 1.165) is 10.0 Å². The highest BCUT2D eigenvalue weighted by atomic mass is 79.9. The fraction of sp³-hybridized carbons (Fsp3) is 0.200. The summed E-state index contributed by atoms with van der Waals surface area (Å²) in [5.41, 5.74) is 1.08. The molecule has 3 nitrogen and oxygen atoms in total. The summed E-state index contributed by atoms with van der Waals surface area (Å²) >= 11 is 4.66. The number of hydrogen-bond acceptors (Lipinski definition) is 3. The van der Waals surface area contributed by atoms with E-state index in [1.165, 1.54) is 11.8 Å². The maximum atomic E-state index is 12.2. The van der Waals surface area contributed by atoms with E-state index in [1.807, 2.05) is 24.3 Å². The number of benzene rings is 1. The topological polar surface area (TPSA) is 41.6 Å². The first-order valence-electron chi connectivity index (χ1n) is 4.73. The number of H-pyrrole nitrogens is 1. The molecule has 1 aromatic heterocycles. The highest BCUT2D eigenvalue weighted by molar-refractivity contribution is 9.10. The Morgan fingerprint density at radius 3 is 2.59 bits per heavy atom. The zero-order chi connectivity index (χ0) is 12.3. The third kappa shape index (κ3) is 3.50. The molecule has 0 aliphatic heterocycles. The van der Waals surface area contributed by atoms with E-state index in [4.69, 9.17) is 0 Å². The number of rotatable bonds is 4. The van der Waals surface area contributed by atoms with Gasteiger partial charge in [0, 0.05) is 10.2 Å². The molecule has 0 unspecified atom stereocenters. The molecule has 7 heteroatoms. The zero-order valence-corrected chi connectivity index (χ0v) is 10.9. The molecule has 0 atom stereocenters. The molecule has 0 fully saturated rings. The monoisotopic (exact) mass is 319 g/mol. The van der Waals surface area contributed by atoms with Crippen LogP contribution in [0.2, 0.25) is 0 Å². The molecular weight excluding hydrogens is 312 g/mol. The van der Waals surface area contributed by atoms with Gasteiger partial charge in [0.2, 0.25) is 5.16 Å². The average Bonchev–Trinajstić information content (AvgIpc) is 2.77. The molecule has 0 spiro atoms. The first-order valence-corrected chi connectivity index (χ1v) is 6.50. The number of hydrogen-bond donors (Lipinski definition) is 1. The van der Waals surface area contributed by atoms with Crippen molar-refractivity contribution in [1.29, 1.82) is 0 Å². The van der Waals surface area contributed by atoms with Gasteiger partial charge in [-0.1, -0.05) is 39.8 Å². The third-order valence-electron chi connectivity index (χ3n) is 1.97. The van der Waals surface area contributed by atoms with Gasteiger partial charge in [0.25, 0.3) is 6.43 Å². The Morgan fingerprint density at radius 1 is 1.29 bits per heavy atom. The summed E-state index contributed by atoms with van der Waals surface area (Å²) in [4.78, 5) is 3.68. The summed E-state index contributed by atoms with van der Waals surface area (Å²) in [6, 6.07) is 7.77. The molecule has 0 aliphatic carbocycles. The second-order valence-electron chi connectivity index (χ2n) is 3.22. The molecule has 2 aromatic rings. The van der Waals surface area contributed by atoms with E-state index < -0.39 is 6.43 Å². The number of aromatic nitrogens is 3. The second kappa shape index (κ2) is 5.59. The summed E-state index contributed by atoms with van der Waals surface area (Å²) in [5, 5.41) is 6.26. The van der Waals surface area contributed by atoms with Crippen molar-refractivity contribution in [2.75, 3.05) is 0 Å². The van der Waals surface area contributed by atoms with E-state index in [9.17, 15) is 8.78 Å². The van der Waals surface area contributed by atoms with Crippen molar-refractivity contribution < 1.29 is 8.78 Å². The number of thioether (sulfide) groups is 1. The van der Waals surface area contributed by atoms with Gasteiger partial charge in [-0.25, -0.2) is 13.8 Å². The van der Waals surface area contributed by atoms with Crippen LogP contribution >= 0.6 is 27.7 Å². The van der Waals surface area contributed by atoms with Gasteiger partial charge in [-0.05, 0) is 17.7 Å². The van der Waals surface area contributed by atoms with Gasteiger partial charge in [-0.2, -0.15) is 0 Å². The smallest absolute Gasteiger partial charge is 0.257 e. The van der Waals surface area contributed by atoms with Crippen molar-refractivity contribution in [1.82, 2.24) is 15.2 Å². The lowest BCUT2D eigenvalue weighted by Crippen LogP contribution is -1.86. The summed E-state index contributed by atoms with van der Waals surface area (Å²) in [5.74, 6) is 0.261. The summed E-state index contributed by atoms with van der Waals surface area (Å²) < 4.78 is 25.5. The first kappa shape index (κ1) is 12.5. The molecule has 1 N–H and O–H groups in total. The summed E-state index contributed by atoms with van der Waals surface area (Å²) in [6.07, 6.45) is -2.61. The Hall–Kier alpha value is -0.950. The Kier molecular flexibility index (Phi) is 4.11. The van der Waals surface area contributed by atoms with E-state index in [2.05, 4.69) is 31.1 Å². The quantitative estimate of drug-likeness (QED) is 0.871. The van der Waals surface area contributed by atoms with Gasteiger partial charge < -0.3 is 0 Å². The second-order valence-corrected chi connectivity index (χ2v) is 5.08. The number of nitrogens with zero attached hydrogens (tertiary/aromatic N) is 2. The molecule has 90 valence electrons. The van der Waals surface area contributed by atoms with Crippen molar-refractivity contribution >= 4 is 27.7 Å². The van der Waals surface area contributed by atoms with Crippen LogP contribution in [0.15, 0.2) is 33.9 Å². The van der Waals surface area contributed by atoms with Crippen LogP contribution in [0.25, 0.3) is 0 Å². The lowest BCUT2D eigenvalue weighted by Gasteiger charge is -1.98. The Labute approximate surface area is 109 Å². The lowest BCUT2D eigenvalue weighted by atomic mass is 10.2. The molecule has 0 radical (unpaired) electrons. The standard InChI is InChI=1S/C10H8BrF2N3S/c11-7-3-1-6(2-4-7)5-17-10-14-9(8(12)13)15-16-10/h1-4,8H,5H2,(H,14,15,16). The van der Waals surface area contributed by atoms with E-state index >= 15 is 0 Å². The van der Waals surface area contributed by atoms with Crippen molar-refractivity contribution in [2.24, 2.45) is 0 Å². The Morgan fingerprint density at radius 2 is 2.00 bits per heavy atom. The molecule has 17 heavy (non-hydrogen) atoms. The van der Waals surface area contributed by atoms with Gasteiger partial charge in [-0.3, -0.25) is 5.10 Å². The molecule has 1 heterocycles. The van der Waals surface area contributed by atoms with Gasteiger partial charge in [-0.15, -0.1) is 5.10 Å². The van der Waals surface area contributed by atoms with E-state index in [0.29, 0.717) is 10.9 Å². The van der Waals surface area contributed by atoms with Crippen LogP contribution in [-0.4, -0.2) is 15.2 Å². The number of alkyl halides is 2. The Balaban J connectivity index is 1.95. The van der Waals surface area contributed by atoms with Crippen LogP contribution < -0.4 is 0 Å². The minimum Gasteiger partial charge on any atom is -0.257 e. The van der Waals surface area contributed by atoms with Gasteiger partial charge in [0.15, 0.2) is 5.82 Å². The normalized spacial score (nSPS) is 11.1. The fourth-order valence-corrected chi connectivity index (χ4v) is 2.17. The van der Waals surface area contributed by atoms with Crippen molar-refractivity contribution in [3.8, 4) is 0 Å². The molecule has 2 rings (SSSR count). The molecule has 0 amide bonds. The maximum Gasteiger partial charge on any atom is 0.296 e. The summed E-state index contributed by atoms with van der Waals surface area (Å²) in [7, 11) is 0. The Bertz CT molecular complexity index is 487. The summed E-state index contributed by atoms with van der Waals surface area (Å²) in [6.45, 7) is 0. The van der Waals surface area contributed by atoms with Crippen LogP contribution in [0.3, 0.4) is 0 Å². The fourth-order valence-electron chi connectivity index (χ4n) is 1.15. The molecule has 0 saturated heterocycles. The van der Waals surface area contributed by atoms with Crippen LogP contribution in [0.4, 0.5) is 8.78 Å². The molecule has 0 bridgehead atoms. The van der Waals surface area contributed by atoms with Crippen LogP contribution in [-0.2, 0) is 5.75 Å². The maximum absolute atomic E-state index is 12.2. The van der Waals surface area contributed by atoms with Gasteiger partial charge >= 0.3 is 0 Å². The van der Waals surface area contributed by atoms with Crippen LogP contribution in [0, 0.1) is 0 Å². The highest BCUT2D eigenvalue weighted by Crippen LogP contribution is 2.22. The number of halogens is 3. The number of aromatic amines is 1. The first-order chi connectivity index (χ1) is 8.15. The molecule has 1 aromatic carbocycles. The number of nitrogens with one attached hydrogen (secondary N) is 1. The average molecular weight is 320 g/mol. The van der Waals surface area contributed by atoms with E-state index in [1.54, 1.807) is 0 Å². The van der Waals surface area contributed by atoms with Crippen molar-refractivity contribution in [3.05, 3.63) is 40.1 Å². The van der Waals surface area contributed by atoms with Crippen LogP contribution in [0.1, 0.15) is 17.8 Å². The minimum atomic E-state index is -2.61. The largest absolute Gasteiger partial charge is 0.296 e. The van der Waals surface area contributed by atoms with Gasteiger partial charge in [0.05, 0.1) is 0 Å². The zero-order valence-electron chi connectivity index (χ0n) is 8.53. The van der Waals surface area contributed by atoms with Gasteiger partial charge in [0.1, 0.15) is 0 Å². The molecule has 0 saturated carbocycles. The minimum absolute atomic E-state index is 0.336. The SMILES string of the molecule is FC(F)c1nc(SCc2ccc(Br)cc2)n[nH]1.